The first kappa shape index (κ1) is 26.0. The SMILES string of the molecule is CCCCCCCCCCCCOC(=O)c1ccc(Cl)c(NC(=O)C(C)C(N)=O)c1. The molecule has 0 fully saturated rings. The maximum Gasteiger partial charge on any atom is 0.338 e. The summed E-state index contributed by atoms with van der Waals surface area (Å²) in [6, 6.07) is 4.48. The quantitative estimate of drug-likeness (QED) is 0.215. The number of amides is 2. The Morgan fingerprint density at radius 2 is 1.57 bits per heavy atom. The first-order chi connectivity index (χ1) is 14.4. The number of primary amides is 1. The predicted molar refractivity (Wildman–Crippen MR) is 121 cm³/mol. The highest BCUT2D eigenvalue weighted by Gasteiger charge is 2.20. The molecule has 0 aromatic heterocycles. The predicted octanol–water partition coefficient (Wildman–Crippen LogP) is 5.48. The van der Waals surface area contributed by atoms with Crippen LogP contribution in [0.3, 0.4) is 0 Å². The highest BCUT2D eigenvalue weighted by molar-refractivity contribution is 6.34. The Bertz CT molecular complexity index is 694. The van der Waals surface area contributed by atoms with Gasteiger partial charge >= 0.3 is 5.97 Å². The fraction of sp³-hybridized carbons (Fsp3) is 0.609. The van der Waals surface area contributed by atoms with Gasteiger partial charge in [0, 0.05) is 0 Å². The molecule has 0 spiro atoms. The van der Waals surface area contributed by atoms with E-state index in [1.54, 1.807) is 0 Å². The summed E-state index contributed by atoms with van der Waals surface area (Å²) in [6.07, 6.45) is 12.1. The molecule has 168 valence electrons. The number of carbonyl (C=O) groups is 3. The van der Waals surface area contributed by atoms with Crippen molar-refractivity contribution in [3.63, 3.8) is 0 Å². The van der Waals surface area contributed by atoms with Crippen LogP contribution >= 0.6 is 11.6 Å². The fourth-order valence-electron chi connectivity index (χ4n) is 2.96. The van der Waals surface area contributed by atoms with Crippen molar-refractivity contribution in [2.24, 2.45) is 11.7 Å². The molecule has 1 aromatic rings. The molecule has 0 saturated carbocycles. The van der Waals surface area contributed by atoms with Crippen LogP contribution in [0.25, 0.3) is 0 Å². The van der Waals surface area contributed by atoms with E-state index in [0.29, 0.717) is 6.61 Å². The molecule has 3 N–H and O–H groups in total. The molecule has 0 radical (unpaired) electrons. The number of carbonyl (C=O) groups excluding carboxylic acids is 3. The number of anilines is 1. The van der Waals surface area contributed by atoms with Crippen LogP contribution in [-0.4, -0.2) is 24.4 Å². The van der Waals surface area contributed by atoms with Crippen molar-refractivity contribution in [1.82, 2.24) is 0 Å². The minimum atomic E-state index is -1.01. The lowest BCUT2D eigenvalue weighted by Crippen LogP contribution is -2.32. The van der Waals surface area contributed by atoms with E-state index in [2.05, 4.69) is 12.2 Å². The van der Waals surface area contributed by atoms with Crippen LogP contribution in [-0.2, 0) is 14.3 Å². The summed E-state index contributed by atoms with van der Waals surface area (Å²) in [4.78, 5) is 35.4. The Kier molecular flexibility index (Phi) is 12.8. The Morgan fingerprint density at radius 1 is 1.00 bits per heavy atom. The number of ether oxygens (including phenoxy) is 1. The second kappa shape index (κ2) is 14.8. The molecular weight excluding hydrogens is 404 g/mol. The molecule has 6 nitrogen and oxygen atoms in total. The Balaban J connectivity index is 2.32. The molecule has 0 aliphatic heterocycles. The first-order valence-corrected chi connectivity index (χ1v) is 11.3. The average Bonchev–Trinajstić information content (AvgIpc) is 2.72. The van der Waals surface area contributed by atoms with Gasteiger partial charge in [0.25, 0.3) is 0 Å². The first-order valence-electron chi connectivity index (χ1n) is 10.9. The number of hydrogen-bond donors (Lipinski definition) is 2. The molecule has 7 heteroatoms. The Labute approximate surface area is 184 Å². The summed E-state index contributed by atoms with van der Waals surface area (Å²) in [5.74, 6) is -2.80. The van der Waals surface area contributed by atoms with E-state index in [1.165, 1.54) is 70.1 Å². The van der Waals surface area contributed by atoms with Crippen molar-refractivity contribution >= 4 is 35.1 Å². The van der Waals surface area contributed by atoms with Crippen LogP contribution < -0.4 is 11.1 Å². The summed E-state index contributed by atoms with van der Waals surface area (Å²) in [7, 11) is 0. The lowest BCUT2D eigenvalue weighted by molar-refractivity contribution is -0.129. The second-order valence-corrected chi connectivity index (χ2v) is 8.03. The van der Waals surface area contributed by atoms with E-state index in [0.717, 1.165) is 19.3 Å². The molecule has 0 bridgehead atoms. The van der Waals surface area contributed by atoms with Crippen LogP contribution in [0.4, 0.5) is 5.69 Å². The number of esters is 1. The van der Waals surface area contributed by atoms with Gasteiger partial charge < -0.3 is 15.8 Å². The van der Waals surface area contributed by atoms with Gasteiger partial charge in [-0.3, -0.25) is 9.59 Å². The average molecular weight is 439 g/mol. The number of hydrogen-bond acceptors (Lipinski definition) is 4. The highest BCUT2D eigenvalue weighted by Crippen LogP contribution is 2.24. The van der Waals surface area contributed by atoms with Crippen LogP contribution in [0.15, 0.2) is 18.2 Å². The maximum absolute atomic E-state index is 12.2. The van der Waals surface area contributed by atoms with Crippen LogP contribution in [0.1, 0.15) is 88.4 Å². The van der Waals surface area contributed by atoms with Gasteiger partial charge in [-0.15, -0.1) is 0 Å². The summed E-state index contributed by atoms with van der Waals surface area (Å²) < 4.78 is 5.32. The van der Waals surface area contributed by atoms with Crippen molar-refractivity contribution in [3.8, 4) is 0 Å². The van der Waals surface area contributed by atoms with Crippen molar-refractivity contribution in [2.45, 2.75) is 78.1 Å². The molecule has 1 aromatic carbocycles. The third-order valence-electron chi connectivity index (χ3n) is 5.01. The Hall–Kier alpha value is -2.08. The molecule has 2 amide bonds. The van der Waals surface area contributed by atoms with Crippen LogP contribution in [0, 0.1) is 5.92 Å². The van der Waals surface area contributed by atoms with Gasteiger partial charge in [-0.2, -0.15) is 0 Å². The van der Waals surface area contributed by atoms with Gasteiger partial charge in [0.05, 0.1) is 22.9 Å². The van der Waals surface area contributed by atoms with E-state index < -0.39 is 23.7 Å². The van der Waals surface area contributed by atoms with E-state index in [4.69, 9.17) is 22.1 Å². The molecule has 0 aliphatic rings. The molecule has 0 saturated heterocycles. The zero-order valence-corrected chi connectivity index (χ0v) is 18.9. The van der Waals surface area contributed by atoms with Crippen LogP contribution in [0.5, 0.6) is 0 Å². The highest BCUT2D eigenvalue weighted by atomic mass is 35.5. The normalized spacial score (nSPS) is 11.7. The minimum absolute atomic E-state index is 0.239. The van der Waals surface area contributed by atoms with Crippen LogP contribution in [0.2, 0.25) is 5.02 Å². The van der Waals surface area contributed by atoms with E-state index >= 15 is 0 Å². The van der Waals surface area contributed by atoms with Gasteiger partial charge in [0.2, 0.25) is 11.8 Å². The van der Waals surface area contributed by atoms with Gasteiger partial charge in [-0.1, -0.05) is 76.3 Å². The number of rotatable bonds is 15. The fourth-order valence-corrected chi connectivity index (χ4v) is 3.12. The second-order valence-electron chi connectivity index (χ2n) is 7.63. The van der Waals surface area contributed by atoms with Crippen molar-refractivity contribution in [1.29, 1.82) is 0 Å². The lowest BCUT2D eigenvalue weighted by atomic mass is 10.1. The monoisotopic (exact) mass is 438 g/mol. The zero-order valence-electron chi connectivity index (χ0n) is 18.2. The molecule has 1 atom stereocenters. The van der Waals surface area contributed by atoms with Crippen molar-refractivity contribution in [3.05, 3.63) is 28.8 Å². The summed E-state index contributed by atoms with van der Waals surface area (Å²) >= 11 is 6.07. The maximum atomic E-state index is 12.2. The molecule has 0 heterocycles. The van der Waals surface area contributed by atoms with Gasteiger partial charge in [-0.25, -0.2) is 4.79 Å². The van der Waals surface area contributed by atoms with Crippen molar-refractivity contribution < 1.29 is 19.1 Å². The number of nitrogens with one attached hydrogen (secondary N) is 1. The van der Waals surface area contributed by atoms with Crippen molar-refractivity contribution in [2.75, 3.05) is 11.9 Å². The number of halogens is 1. The Morgan fingerprint density at radius 3 is 2.13 bits per heavy atom. The van der Waals surface area contributed by atoms with E-state index in [1.807, 2.05) is 0 Å². The third-order valence-corrected chi connectivity index (χ3v) is 5.34. The third kappa shape index (κ3) is 10.1. The van der Waals surface area contributed by atoms with Gasteiger partial charge in [0.15, 0.2) is 0 Å². The lowest BCUT2D eigenvalue weighted by Gasteiger charge is -2.12. The molecular formula is C23H35ClN2O4. The molecule has 1 rings (SSSR count). The summed E-state index contributed by atoms with van der Waals surface area (Å²) in [6.45, 7) is 3.98. The minimum Gasteiger partial charge on any atom is -0.462 e. The smallest absolute Gasteiger partial charge is 0.338 e. The largest absolute Gasteiger partial charge is 0.462 e. The summed E-state index contributed by atoms with van der Waals surface area (Å²) in [5, 5.41) is 2.77. The molecule has 30 heavy (non-hydrogen) atoms. The molecule has 1 unspecified atom stereocenters. The number of benzene rings is 1. The zero-order chi connectivity index (χ0) is 22.4. The standard InChI is InChI=1S/C23H35ClN2O4/c1-3-4-5-6-7-8-9-10-11-12-15-30-23(29)18-13-14-19(24)20(16-18)26-22(28)17(2)21(25)27/h13-14,16-17H,3-12,15H2,1-2H3,(H2,25,27)(H,26,28). The topological polar surface area (TPSA) is 98.5 Å². The number of nitrogens with two attached hydrogens (primary N) is 1. The van der Waals surface area contributed by atoms with Gasteiger partial charge in [0.1, 0.15) is 5.92 Å². The summed E-state index contributed by atoms with van der Waals surface area (Å²) in [5.41, 5.74) is 5.66. The molecule has 0 aliphatic carbocycles. The van der Waals surface area contributed by atoms with Gasteiger partial charge in [-0.05, 0) is 31.5 Å². The number of unbranched alkanes of at least 4 members (excludes halogenated alkanes) is 9. The van der Waals surface area contributed by atoms with E-state index in [-0.39, 0.29) is 16.3 Å². The van der Waals surface area contributed by atoms with E-state index in [9.17, 15) is 14.4 Å².